The number of methoxy groups -OCH3 is 1. The minimum Gasteiger partial charge on any atom is -0.496 e. The molecule has 6 nitrogen and oxygen atoms in total. The maximum absolute atomic E-state index is 13.9. The molecule has 3 N–H and O–H groups in total. The first-order valence-electron chi connectivity index (χ1n) is 11.9. The minimum absolute atomic E-state index is 0.0640. The lowest BCUT2D eigenvalue weighted by Gasteiger charge is -2.38. The zero-order valence-corrected chi connectivity index (χ0v) is 20.0. The first-order valence-corrected chi connectivity index (χ1v) is 11.9. The van der Waals surface area contributed by atoms with Gasteiger partial charge in [-0.25, -0.2) is 8.78 Å². The second-order valence-electron chi connectivity index (χ2n) is 8.96. The van der Waals surface area contributed by atoms with Gasteiger partial charge in [0.05, 0.1) is 12.7 Å². The van der Waals surface area contributed by atoms with Crippen LogP contribution in [-0.4, -0.2) is 35.9 Å². The molecule has 0 heterocycles. The van der Waals surface area contributed by atoms with E-state index in [0.717, 1.165) is 43.0 Å². The summed E-state index contributed by atoms with van der Waals surface area (Å²) in [4.78, 5) is 27.9. The summed E-state index contributed by atoms with van der Waals surface area (Å²) in [6.45, 7) is 0.174. The van der Waals surface area contributed by atoms with Crippen LogP contribution in [0, 0.1) is 11.6 Å². The Kier molecular flexibility index (Phi) is 7.95. The van der Waals surface area contributed by atoms with Gasteiger partial charge >= 0.3 is 0 Å². The van der Waals surface area contributed by atoms with Crippen molar-refractivity contribution in [1.82, 2.24) is 4.90 Å². The Morgan fingerprint density at radius 1 is 1.00 bits per heavy atom. The molecule has 3 aromatic carbocycles. The molecule has 0 aliphatic heterocycles. The standard InChI is InChI=1S/C28H29F2N3O3/c1-36-26-12-5-2-9-23(26)27(34)32-22-8-6-7-18(13-22)17-33(25-11-4-3-10-24(25)31)28(35)19-14-20(29)16-21(30)15-19/h2,5-9,12-16,24-25H,3-4,10-11,17,31H2,1H3,(H,32,34). The van der Waals surface area contributed by atoms with E-state index in [9.17, 15) is 18.4 Å². The SMILES string of the molecule is COc1ccccc1C(=O)Nc1cccc(CN(C(=O)c2cc(F)cc(F)c2)C2CCCCC2N)c1. The third-order valence-corrected chi connectivity index (χ3v) is 6.44. The molecule has 1 aliphatic rings. The van der Waals surface area contributed by atoms with Crippen LogP contribution < -0.4 is 15.8 Å². The van der Waals surface area contributed by atoms with Crippen molar-refractivity contribution in [1.29, 1.82) is 0 Å². The number of nitrogens with zero attached hydrogens (tertiary/aromatic N) is 1. The largest absolute Gasteiger partial charge is 0.496 e. The molecule has 0 radical (unpaired) electrons. The predicted molar refractivity (Wildman–Crippen MR) is 134 cm³/mol. The number of carbonyl (C=O) groups is 2. The quantitative estimate of drug-likeness (QED) is 0.478. The fraction of sp³-hybridized carbons (Fsp3) is 0.286. The number of para-hydroxylation sites is 1. The number of hydrogen-bond donors (Lipinski definition) is 2. The molecule has 2 unspecified atom stereocenters. The Balaban J connectivity index is 1.59. The maximum Gasteiger partial charge on any atom is 0.259 e. The second kappa shape index (κ2) is 11.3. The van der Waals surface area contributed by atoms with Gasteiger partial charge in [-0.15, -0.1) is 0 Å². The highest BCUT2D eigenvalue weighted by molar-refractivity contribution is 6.06. The van der Waals surface area contributed by atoms with Crippen molar-refractivity contribution in [3.05, 3.63) is 95.1 Å². The van der Waals surface area contributed by atoms with Crippen molar-refractivity contribution >= 4 is 17.5 Å². The number of amides is 2. The van der Waals surface area contributed by atoms with Crippen molar-refractivity contribution < 1.29 is 23.1 Å². The number of hydrogen-bond acceptors (Lipinski definition) is 4. The molecule has 8 heteroatoms. The first kappa shape index (κ1) is 25.3. The Morgan fingerprint density at radius 3 is 2.44 bits per heavy atom. The van der Waals surface area contributed by atoms with Gasteiger partial charge in [0.15, 0.2) is 0 Å². The molecular formula is C28H29F2N3O3. The molecular weight excluding hydrogens is 464 g/mol. The normalized spacial score (nSPS) is 17.3. The summed E-state index contributed by atoms with van der Waals surface area (Å²) in [6.07, 6.45) is 3.35. The predicted octanol–water partition coefficient (Wildman–Crippen LogP) is 5.14. The summed E-state index contributed by atoms with van der Waals surface area (Å²) >= 11 is 0. The van der Waals surface area contributed by atoms with Gasteiger partial charge in [0.2, 0.25) is 0 Å². The van der Waals surface area contributed by atoms with Crippen LogP contribution in [0.3, 0.4) is 0 Å². The van der Waals surface area contributed by atoms with Crippen LogP contribution in [0.5, 0.6) is 5.75 Å². The lowest BCUT2D eigenvalue weighted by molar-refractivity contribution is 0.0582. The van der Waals surface area contributed by atoms with Crippen LogP contribution in [0.1, 0.15) is 52.0 Å². The van der Waals surface area contributed by atoms with E-state index < -0.39 is 17.5 Å². The topological polar surface area (TPSA) is 84.7 Å². The third kappa shape index (κ3) is 5.88. The highest BCUT2D eigenvalue weighted by Gasteiger charge is 2.32. The minimum atomic E-state index is -0.813. The Labute approximate surface area is 209 Å². The number of halogens is 2. The average Bonchev–Trinajstić information content (AvgIpc) is 2.87. The molecule has 2 amide bonds. The van der Waals surface area contributed by atoms with Gasteiger partial charge in [0.1, 0.15) is 17.4 Å². The average molecular weight is 494 g/mol. The summed E-state index contributed by atoms with van der Waals surface area (Å²) in [5, 5.41) is 2.86. The van der Waals surface area contributed by atoms with E-state index in [1.54, 1.807) is 47.4 Å². The van der Waals surface area contributed by atoms with Gasteiger partial charge < -0.3 is 20.7 Å². The molecule has 1 fully saturated rings. The number of nitrogens with two attached hydrogens (primary N) is 1. The highest BCUT2D eigenvalue weighted by atomic mass is 19.1. The van der Waals surface area contributed by atoms with E-state index >= 15 is 0 Å². The van der Waals surface area contributed by atoms with Crippen molar-refractivity contribution in [2.75, 3.05) is 12.4 Å². The molecule has 36 heavy (non-hydrogen) atoms. The van der Waals surface area contributed by atoms with Crippen LogP contribution in [0.4, 0.5) is 14.5 Å². The molecule has 0 saturated heterocycles. The van der Waals surface area contributed by atoms with E-state index in [4.69, 9.17) is 10.5 Å². The molecule has 1 saturated carbocycles. The zero-order valence-electron chi connectivity index (χ0n) is 20.0. The second-order valence-corrected chi connectivity index (χ2v) is 8.96. The van der Waals surface area contributed by atoms with E-state index in [1.165, 1.54) is 7.11 Å². The Hall–Kier alpha value is -3.78. The fourth-order valence-corrected chi connectivity index (χ4v) is 4.68. The Bertz CT molecular complexity index is 1230. The molecule has 4 rings (SSSR count). The molecule has 188 valence electrons. The van der Waals surface area contributed by atoms with Gasteiger partial charge in [0, 0.05) is 35.9 Å². The van der Waals surface area contributed by atoms with Crippen molar-refractivity contribution in [2.24, 2.45) is 5.73 Å². The summed E-state index contributed by atoms with van der Waals surface area (Å²) < 4.78 is 33.0. The van der Waals surface area contributed by atoms with Crippen LogP contribution in [0.25, 0.3) is 0 Å². The molecule has 0 spiro atoms. The van der Waals surface area contributed by atoms with Gasteiger partial charge in [-0.3, -0.25) is 9.59 Å². The number of benzene rings is 3. The summed E-state index contributed by atoms with van der Waals surface area (Å²) in [6, 6.07) is 16.3. The zero-order chi connectivity index (χ0) is 25.7. The van der Waals surface area contributed by atoms with Crippen molar-refractivity contribution in [3.63, 3.8) is 0 Å². The van der Waals surface area contributed by atoms with Gasteiger partial charge in [-0.05, 0) is 54.8 Å². The highest BCUT2D eigenvalue weighted by Crippen LogP contribution is 2.27. The summed E-state index contributed by atoms with van der Waals surface area (Å²) in [7, 11) is 1.50. The molecule has 0 aromatic heterocycles. The van der Waals surface area contributed by atoms with E-state index in [2.05, 4.69) is 5.32 Å². The van der Waals surface area contributed by atoms with E-state index in [-0.39, 0.29) is 30.1 Å². The molecule has 3 aromatic rings. The van der Waals surface area contributed by atoms with E-state index in [0.29, 0.717) is 23.4 Å². The summed E-state index contributed by atoms with van der Waals surface area (Å²) in [5.74, 6) is -1.99. The van der Waals surface area contributed by atoms with Crippen LogP contribution in [-0.2, 0) is 6.54 Å². The van der Waals surface area contributed by atoms with Crippen LogP contribution in [0.15, 0.2) is 66.7 Å². The van der Waals surface area contributed by atoms with Crippen molar-refractivity contribution in [3.8, 4) is 5.75 Å². The molecule has 2 atom stereocenters. The van der Waals surface area contributed by atoms with Gasteiger partial charge in [-0.1, -0.05) is 37.1 Å². The number of carbonyl (C=O) groups excluding carboxylic acids is 2. The maximum atomic E-state index is 13.9. The van der Waals surface area contributed by atoms with Crippen LogP contribution >= 0.6 is 0 Å². The number of ether oxygens (including phenoxy) is 1. The first-order chi connectivity index (χ1) is 17.4. The smallest absolute Gasteiger partial charge is 0.259 e. The van der Waals surface area contributed by atoms with Crippen molar-refractivity contribution in [2.45, 2.75) is 44.3 Å². The van der Waals surface area contributed by atoms with Crippen LogP contribution in [0.2, 0.25) is 0 Å². The molecule has 1 aliphatic carbocycles. The van der Waals surface area contributed by atoms with Gasteiger partial charge in [0.25, 0.3) is 11.8 Å². The fourth-order valence-electron chi connectivity index (χ4n) is 4.68. The number of rotatable bonds is 7. The monoisotopic (exact) mass is 493 g/mol. The van der Waals surface area contributed by atoms with Gasteiger partial charge in [-0.2, -0.15) is 0 Å². The lowest BCUT2D eigenvalue weighted by atomic mass is 9.89. The number of anilines is 1. The van der Waals surface area contributed by atoms with E-state index in [1.807, 2.05) is 6.07 Å². The molecule has 0 bridgehead atoms. The lowest BCUT2D eigenvalue weighted by Crippen LogP contribution is -2.51. The third-order valence-electron chi connectivity index (χ3n) is 6.44. The number of nitrogens with one attached hydrogen (secondary N) is 1. The Morgan fingerprint density at radius 2 is 1.72 bits per heavy atom. The summed E-state index contributed by atoms with van der Waals surface area (Å²) in [5.41, 5.74) is 8.00.